The minimum absolute atomic E-state index is 0.121. The number of cyclic esters (lactones) is 1. The molecular formula is C26H28N2O5. The number of pyridine rings is 2. The van der Waals surface area contributed by atoms with Gasteiger partial charge in [-0.15, -0.1) is 0 Å². The maximum absolute atomic E-state index is 13.3. The van der Waals surface area contributed by atoms with E-state index in [1.807, 2.05) is 32.9 Å². The van der Waals surface area contributed by atoms with E-state index in [-0.39, 0.29) is 24.2 Å². The molecule has 0 unspecified atom stereocenters. The Hall–Kier alpha value is -3.03. The van der Waals surface area contributed by atoms with Gasteiger partial charge >= 0.3 is 5.97 Å². The smallest absolute Gasteiger partial charge is 0.343 e. The van der Waals surface area contributed by atoms with Crippen LogP contribution in [0.15, 0.2) is 29.1 Å². The quantitative estimate of drug-likeness (QED) is 0.481. The lowest BCUT2D eigenvalue weighted by Gasteiger charge is -2.31. The van der Waals surface area contributed by atoms with Crippen LogP contribution in [0, 0.1) is 6.92 Å². The maximum Gasteiger partial charge on any atom is 0.343 e. The van der Waals surface area contributed by atoms with Crippen LogP contribution in [-0.2, 0) is 39.6 Å². The van der Waals surface area contributed by atoms with E-state index in [2.05, 4.69) is 13.0 Å². The van der Waals surface area contributed by atoms with Crippen LogP contribution in [0.5, 0.6) is 0 Å². The summed E-state index contributed by atoms with van der Waals surface area (Å²) in [5, 5.41) is 12.0. The minimum atomic E-state index is -1.82. The number of hydrogen-bond acceptors (Lipinski definition) is 6. The molecule has 2 aliphatic rings. The number of benzene rings is 1. The molecule has 0 fully saturated rings. The fraction of sp³-hybridized carbons (Fsp3) is 0.423. The number of hydrogen-bond donors (Lipinski definition) is 1. The van der Waals surface area contributed by atoms with Gasteiger partial charge in [0.25, 0.3) is 5.56 Å². The van der Waals surface area contributed by atoms with Gasteiger partial charge in [-0.1, -0.05) is 13.0 Å². The lowest BCUT2D eigenvalue weighted by Crippen LogP contribution is -2.44. The summed E-state index contributed by atoms with van der Waals surface area (Å²) < 4.78 is 12.9. The molecule has 0 radical (unpaired) electrons. The first kappa shape index (κ1) is 21.8. The summed E-state index contributed by atoms with van der Waals surface area (Å²) in [4.78, 5) is 30.6. The average Bonchev–Trinajstić information content (AvgIpc) is 3.12. The molecule has 7 heteroatoms. The Morgan fingerprint density at radius 1 is 1.24 bits per heavy atom. The summed E-state index contributed by atoms with van der Waals surface area (Å²) in [5.41, 5.74) is 3.58. The van der Waals surface area contributed by atoms with Gasteiger partial charge in [0.15, 0.2) is 5.60 Å². The van der Waals surface area contributed by atoms with E-state index < -0.39 is 11.6 Å². The summed E-state index contributed by atoms with van der Waals surface area (Å²) in [6.45, 7) is 10.6. The number of carbonyl (C=O) groups is 1. The van der Waals surface area contributed by atoms with Crippen molar-refractivity contribution in [3.05, 3.63) is 62.4 Å². The highest BCUT2D eigenvalue weighted by atomic mass is 16.6. The largest absolute Gasteiger partial charge is 0.458 e. The van der Waals surface area contributed by atoms with Gasteiger partial charge in [-0.25, -0.2) is 9.78 Å². The second-order valence-electron chi connectivity index (χ2n) is 9.93. The van der Waals surface area contributed by atoms with Crippen LogP contribution >= 0.6 is 0 Å². The number of rotatable bonds is 3. The third-order valence-corrected chi connectivity index (χ3v) is 6.69. The van der Waals surface area contributed by atoms with Crippen molar-refractivity contribution in [3.8, 4) is 11.4 Å². The summed E-state index contributed by atoms with van der Waals surface area (Å²) in [5.74, 6) is -0.717. The van der Waals surface area contributed by atoms with Crippen molar-refractivity contribution >= 4 is 16.9 Å². The Morgan fingerprint density at radius 3 is 2.70 bits per heavy atom. The monoisotopic (exact) mass is 448 g/mol. The second kappa shape index (κ2) is 7.23. The zero-order valence-corrected chi connectivity index (χ0v) is 19.6. The van der Waals surface area contributed by atoms with Crippen LogP contribution in [0.2, 0.25) is 0 Å². The number of carbonyl (C=O) groups excluding carboxylic acids is 1. The highest BCUT2D eigenvalue weighted by molar-refractivity contribution is 5.88. The van der Waals surface area contributed by atoms with E-state index in [0.717, 1.165) is 27.6 Å². The predicted octanol–water partition coefficient (Wildman–Crippen LogP) is 3.70. The van der Waals surface area contributed by atoms with Crippen molar-refractivity contribution in [1.29, 1.82) is 0 Å². The van der Waals surface area contributed by atoms with Crippen molar-refractivity contribution in [1.82, 2.24) is 9.55 Å². The Labute approximate surface area is 192 Å². The van der Waals surface area contributed by atoms with Crippen LogP contribution in [0.3, 0.4) is 0 Å². The van der Waals surface area contributed by atoms with Crippen molar-refractivity contribution < 1.29 is 19.4 Å². The SMILES string of the molecule is CC[C@@]1(O)C(=O)OCc2c1cc1n(c2=O)Cc2cc3c(COC(C)(C)C)c(C)ccc3nc2-1. The third-order valence-electron chi connectivity index (χ3n) is 6.69. The van der Waals surface area contributed by atoms with E-state index in [1.165, 1.54) is 0 Å². The Kier molecular flexibility index (Phi) is 4.78. The van der Waals surface area contributed by atoms with Crippen molar-refractivity contribution in [2.75, 3.05) is 0 Å². The summed E-state index contributed by atoms with van der Waals surface area (Å²) >= 11 is 0. The number of nitrogens with zero attached hydrogens (tertiary/aromatic N) is 2. The van der Waals surface area contributed by atoms with Crippen LogP contribution in [0.25, 0.3) is 22.3 Å². The van der Waals surface area contributed by atoms with Gasteiger partial charge in [-0.05, 0) is 63.4 Å². The molecule has 1 aromatic carbocycles. The number of esters is 1. The molecule has 0 saturated carbocycles. The van der Waals surface area contributed by atoms with Gasteiger partial charge in [0.2, 0.25) is 0 Å². The molecule has 0 bridgehead atoms. The van der Waals surface area contributed by atoms with E-state index in [1.54, 1.807) is 17.6 Å². The van der Waals surface area contributed by atoms with Gasteiger partial charge in [0.05, 0.1) is 41.2 Å². The van der Waals surface area contributed by atoms with Crippen molar-refractivity contribution in [2.45, 2.75) is 72.0 Å². The van der Waals surface area contributed by atoms with Gasteiger partial charge in [-0.3, -0.25) is 4.79 Å². The first-order valence-corrected chi connectivity index (χ1v) is 11.3. The van der Waals surface area contributed by atoms with Crippen LogP contribution in [0.1, 0.15) is 61.9 Å². The van der Waals surface area contributed by atoms with Gasteiger partial charge < -0.3 is 19.1 Å². The molecule has 2 aliphatic heterocycles. The topological polar surface area (TPSA) is 90.7 Å². The normalized spacial score (nSPS) is 19.3. The second-order valence-corrected chi connectivity index (χ2v) is 9.93. The molecule has 5 rings (SSSR count). The molecule has 1 atom stereocenters. The standard InChI is InChI=1S/C26H28N2O5/c1-6-26(31)19-10-21-22-15(11-28(21)23(29)18(19)12-32-24(26)30)9-16-17(13-33-25(3,4)5)14(2)7-8-20(16)27-22/h7-10,31H,6,11-13H2,1-5H3/t26-/m0/s1. The maximum atomic E-state index is 13.3. The molecule has 7 nitrogen and oxygen atoms in total. The van der Waals surface area contributed by atoms with Gasteiger partial charge in [0.1, 0.15) is 6.61 Å². The fourth-order valence-corrected chi connectivity index (χ4v) is 4.70. The van der Waals surface area contributed by atoms with E-state index >= 15 is 0 Å². The fourth-order valence-electron chi connectivity index (χ4n) is 4.70. The number of aryl methyl sites for hydroxylation is 1. The third kappa shape index (κ3) is 3.30. The van der Waals surface area contributed by atoms with Crippen LogP contribution in [-0.4, -0.2) is 26.2 Å². The number of aromatic nitrogens is 2. The first-order valence-electron chi connectivity index (χ1n) is 11.3. The molecule has 0 aliphatic carbocycles. The van der Waals surface area contributed by atoms with Crippen molar-refractivity contribution in [2.24, 2.45) is 0 Å². The number of fused-ring (bicyclic) bond motifs is 5. The Bertz CT molecular complexity index is 1380. The van der Waals surface area contributed by atoms with E-state index in [0.29, 0.717) is 35.7 Å². The molecule has 4 heterocycles. The zero-order valence-electron chi connectivity index (χ0n) is 19.6. The zero-order chi connectivity index (χ0) is 23.7. The molecule has 33 heavy (non-hydrogen) atoms. The lowest BCUT2D eigenvalue weighted by atomic mass is 9.86. The highest BCUT2D eigenvalue weighted by Gasteiger charge is 2.45. The molecule has 172 valence electrons. The molecule has 2 aromatic heterocycles. The molecule has 0 spiro atoms. The summed E-state index contributed by atoms with van der Waals surface area (Å²) in [7, 11) is 0. The average molecular weight is 449 g/mol. The Balaban J connectivity index is 1.69. The van der Waals surface area contributed by atoms with E-state index in [9.17, 15) is 14.7 Å². The van der Waals surface area contributed by atoms with E-state index in [4.69, 9.17) is 14.5 Å². The number of aliphatic hydroxyl groups is 1. The molecular weight excluding hydrogens is 420 g/mol. The molecule has 0 amide bonds. The van der Waals surface area contributed by atoms with Gasteiger partial charge in [-0.2, -0.15) is 0 Å². The van der Waals surface area contributed by atoms with Crippen molar-refractivity contribution in [3.63, 3.8) is 0 Å². The number of ether oxygens (including phenoxy) is 2. The van der Waals surface area contributed by atoms with Crippen LogP contribution in [0.4, 0.5) is 0 Å². The molecule has 3 aromatic rings. The van der Waals surface area contributed by atoms with Gasteiger partial charge in [0, 0.05) is 16.5 Å². The lowest BCUT2D eigenvalue weighted by molar-refractivity contribution is -0.172. The minimum Gasteiger partial charge on any atom is -0.458 e. The summed E-state index contributed by atoms with van der Waals surface area (Å²) in [6, 6.07) is 7.84. The summed E-state index contributed by atoms with van der Waals surface area (Å²) in [6.07, 6.45) is 0.121. The molecule has 1 N–H and O–H groups in total. The highest BCUT2D eigenvalue weighted by Crippen LogP contribution is 2.39. The Morgan fingerprint density at radius 2 is 2.00 bits per heavy atom. The predicted molar refractivity (Wildman–Crippen MR) is 124 cm³/mol. The first-order chi connectivity index (χ1) is 15.5. The van der Waals surface area contributed by atoms with Crippen LogP contribution < -0.4 is 5.56 Å². The molecule has 0 saturated heterocycles.